The van der Waals surface area contributed by atoms with Crippen LogP contribution in [0.1, 0.15) is 6.92 Å². The maximum atomic E-state index is 12.2. The van der Waals surface area contributed by atoms with Crippen molar-refractivity contribution >= 4 is 34.0 Å². The zero-order valence-electron chi connectivity index (χ0n) is 12.3. The van der Waals surface area contributed by atoms with Gasteiger partial charge < -0.3 is 15.4 Å². The van der Waals surface area contributed by atoms with Crippen LogP contribution in [0.3, 0.4) is 0 Å². The summed E-state index contributed by atoms with van der Waals surface area (Å²) in [5.74, 6) is -0.249. The summed E-state index contributed by atoms with van der Waals surface area (Å²) in [6.45, 7) is 3.00. The number of nitrogens with one attached hydrogen (secondary N) is 3. The highest BCUT2D eigenvalue weighted by atomic mass is 35.5. The van der Waals surface area contributed by atoms with Gasteiger partial charge in [0.1, 0.15) is 6.04 Å². The van der Waals surface area contributed by atoms with Crippen molar-refractivity contribution in [2.75, 3.05) is 25.5 Å². The first kappa shape index (κ1) is 18.9. The first-order chi connectivity index (χ1) is 9.94. The predicted molar refractivity (Wildman–Crippen MR) is 85.8 cm³/mol. The van der Waals surface area contributed by atoms with Gasteiger partial charge in [0.15, 0.2) is 0 Å². The molecule has 0 bridgehead atoms. The first-order valence-electron chi connectivity index (χ1n) is 6.63. The summed E-state index contributed by atoms with van der Waals surface area (Å²) in [5.41, 5.74) is 0.427. The molecule has 1 aromatic carbocycles. The van der Waals surface area contributed by atoms with E-state index < -0.39 is 16.1 Å². The number of carbonyl (C=O) groups is 1. The Morgan fingerprint density at radius 2 is 2.14 bits per heavy atom. The van der Waals surface area contributed by atoms with Crippen LogP contribution in [0.4, 0.5) is 5.69 Å². The van der Waals surface area contributed by atoms with Crippen molar-refractivity contribution in [1.29, 1.82) is 0 Å². The molecule has 2 rings (SSSR count). The van der Waals surface area contributed by atoms with Gasteiger partial charge in [-0.15, -0.1) is 12.4 Å². The van der Waals surface area contributed by atoms with E-state index in [0.717, 1.165) is 0 Å². The summed E-state index contributed by atoms with van der Waals surface area (Å²) in [4.78, 5) is 12.3. The van der Waals surface area contributed by atoms with Crippen molar-refractivity contribution in [3.05, 3.63) is 24.3 Å². The van der Waals surface area contributed by atoms with Crippen molar-refractivity contribution in [2.45, 2.75) is 24.0 Å². The van der Waals surface area contributed by atoms with Crippen LogP contribution in [0.25, 0.3) is 0 Å². The van der Waals surface area contributed by atoms with Crippen LogP contribution in [-0.4, -0.2) is 46.7 Å². The number of hydrogen-bond acceptors (Lipinski definition) is 5. The fourth-order valence-electron chi connectivity index (χ4n) is 2.11. The summed E-state index contributed by atoms with van der Waals surface area (Å²) >= 11 is 0. The Hall–Kier alpha value is -1.19. The van der Waals surface area contributed by atoms with E-state index in [4.69, 9.17) is 4.74 Å². The molecular formula is C13H20ClN3O4S. The fourth-order valence-corrected chi connectivity index (χ4v) is 2.88. The maximum Gasteiger partial charge on any atom is 0.244 e. The second-order valence-corrected chi connectivity index (χ2v) is 6.62. The first-order valence-corrected chi connectivity index (χ1v) is 8.12. The van der Waals surface area contributed by atoms with Gasteiger partial charge in [-0.2, -0.15) is 0 Å². The molecule has 124 valence electrons. The molecule has 9 heteroatoms. The zero-order valence-corrected chi connectivity index (χ0v) is 14.0. The van der Waals surface area contributed by atoms with Crippen LogP contribution < -0.4 is 15.4 Å². The summed E-state index contributed by atoms with van der Waals surface area (Å²) in [5, 5.41) is 5.78. The number of amides is 1. The fraction of sp³-hybridized carbons (Fsp3) is 0.462. The molecule has 0 saturated carbocycles. The molecule has 1 saturated heterocycles. The Kier molecular flexibility index (Phi) is 6.76. The van der Waals surface area contributed by atoms with Crippen LogP contribution in [0.15, 0.2) is 29.2 Å². The third kappa shape index (κ3) is 4.40. The lowest BCUT2D eigenvalue weighted by atomic mass is 10.1. The number of halogens is 1. The molecule has 1 aliphatic rings. The molecule has 0 unspecified atom stereocenters. The Morgan fingerprint density at radius 3 is 2.77 bits per heavy atom. The summed E-state index contributed by atoms with van der Waals surface area (Å²) < 4.78 is 31.1. The van der Waals surface area contributed by atoms with Crippen LogP contribution >= 0.6 is 12.4 Å². The second-order valence-electron chi connectivity index (χ2n) is 4.73. The molecule has 1 fully saturated rings. The maximum absolute atomic E-state index is 12.2. The molecule has 3 N–H and O–H groups in total. The largest absolute Gasteiger partial charge is 0.375 e. The van der Waals surface area contributed by atoms with Crippen molar-refractivity contribution in [3.8, 4) is 0 Å². The van der Waals surface area contributed by atoms with Crippen molar-refractivity contribution in [1.82, 2.24) is 10.0 Å². The number of carbonyl (C=O) groups excluding carboxylic acids is 1. The highest BCUT2D eigenvalue weighted by Gasteiger charge is 2.28. The Balaban J connectivity index is 0.00000242. The Labute approximate surface area is 136 Å². The quantitative estimate of drug-likeness (QED) is 0.728. The van der Waals surface area contributed by atoms with Gasteiger partial charge in [0.05, 0.1) is 17.6 Å². The monoisotopic (exact) mass is 349 g/mol. The smallest absolute Gasteiger partial charge is 0.244 e. The van der Waals surface area contributed by atoms with Crippen LogP contribution in [0.5, 0.6) is 0 Å². The molecule has 1 aromatic rings. The number of anilines is 1. The van der Waals surface area contributed by atoms with E-state index in [0.29, 0.717) is 18.8 Å². The highest BCUT2D eigenvalue weighted by molar-refractivity contribution is 7.89. The van der Waals surface area contributed by atoms with Crippen molar-refractivity contribution < 1.29 is 17.9 Å². The molecule has 22 heavy (non-hydrogen) atoms. The number of benzene rings is 1. The van der Waals surface area contributed by atoms with Crippen LogP contribution in [0, 0.1) is 0 Å². The second kappa shape index (κ2) is 7.89. The number of morpholine rings is 1. The normalized spacial score (nSPS) is 21.7. The minimum Gasteiger partial charge on any atom is -0.375 e. The van der Waals surface area contributed by atoms with Crippen molar-refractivity contribution in [2.24, 2.45) is 0 Å². The Morgan fingerprint density at radius 1 is 1.41 bits per heavy atom. The molecule has 1 aliphatic heterocycles. The standard InChI is InChI=1S/C13H19N3O4S.ClH/c1-9-12(15-6-7-20-9)13(17)16-10-4-3-5-11(8-10)21(18,19)14-2;/h3-5,8-9,12,14-15H,6-7H2,1-2H3,(H,16,17);1H/t9-,12+;/m1./s1. The number of sulfonamides is 1. The summed E-state index contributed by atoms with van der Waals surface area (Å²) in [7, 11) is -2.19. The van der Waals surface area contributed by atoms with E-state index in [1.165, 1.54) is 19.2 Å². The third-order valence-electron chi connectivity index (χ3n) is 3.28. The third-order valence-corrected chi connectivity index (χ3v) is 4.69. The Bertz CT molecular complexity index is 623. The lowest BCUT2D eigenvalue weighted by Gasteiger charge is -2.29. The molecule has 1 heterocycles. The number of rotatable bonds is 4. The minimum absolute atomic E-state index is 0. The lowest BCUT2D eigenvalue weighted by molar-refractivity contribution is -0.123. The summed E-state index contributed by atoms with van der Waals surface area (Å²) in [6, 6.07) is 5.64. The molecule has 0 aliphatic carbocycles. The summed E-state index contributed by atoms with van der Waals surface area (Å²) in [6.07, 6.45) is -0.233. The predicted octanol–water partition coefficient (Wildman–Crippen LogP) is 0.332. The van der Waals surface area contributed by atoms with E-state index in [1.54, 1.807) is 12.1 Å². The van der Waals surface area contributed by atoms with Gasteiger partial charge in [-0.1, -0.05) is 6.07 Å². The lowest BCUT2D eigenvalue weighted by Crippen LogP contribution is -2.53. The molecule has 1 amide bonds. The van der Waals surface area contributed by atoms with Gasteiger partial charge >= 0.3 is 0 Å². The highest BCUT2D eigenvalue weighted by Crippen LogP contribution is 2.16. The molecule has 0 aromatic heterocycles. The van der Waals surface area contributed by atoms with Crippen molar-refractivity contribution in [3.63, 3.8) is 0 Å². The average molecular weight is 350 g/mol. The zero-order chi connectivity index (χ0) is 15.5. The average Bonchev–Trinajstić information content (AvgIpc) is 2.48. The SMILES string of the molecule is CNS(=O)(=O)c1cccc(NC(=O)[C@H]2NCCO[C@@H]2C)c1.Cl. The van der Waals surface area contributed by atoms with Gasteiger partial charge in [-0.3, -0.25) is 4.79 Å². The van der Waals surface area contributed by atoms with Gasteiger partial charge in [-0.05, 0) is 32.2 Å². The molecule has 0 radical (unpaired) electrons. The number of ether oxygens (including phenoxy) is 1. The van der Waals surface area contributed by atoms with E-state index in [-0.39, 0.29) is 29.3 Å². The van der Waals surface area contributed by atoms with E-state index in [9.17, 15) is 13.2 Å². The van der Waals surface area contributed by atoms with Gasteiger partial charge in [0, 0.05) is 12.2 Å². The van der Waals surface area contributed by atoms with E-state index >= 15 is 0 Å². The van der Waals surface area contributed by atoms with E-state index in [2.05, 4.69) is 15.4 Å². The number of hydrogen-bond donors (Lipinski definition) is 3. The molecule has 0 spiro atoms. The molecular weight excluding hydrogens is 330 g/mol. The molecule has 7 nitrogen and oxygen atoms in total. The van der Waals surface area contributed by atoms with Gasteiger partial charge in [-0.25, -0.2) is 13.1 Å². The van der Waals surface area contributed by atoms with E-state index in [1.807, 2.05) is 6.92 Å². The van der Waals surface area contributed by atoms with Gasteiger partial charge in [0.2, 0.25) is 15.9 Å². The topological polar surface area (TPSA) is 96.5 Å². The van der Waals surface area contributed by atoms with Crippen LogP contribution in [-0.2, 0) is 19.6 Å². The van der Waals surface area contributed by atoms with Gasteiger partial charge in [0.25, 0.3) is 0 Å². The minimum atomic E-state index is -3.53. The molecule has 2 atom stereocenters. The van der Waals surface area contributed by atoms with Crippen LogP contribution in [0.2, 0.25) is 0 Å².